The van der Waals surface area contributed by atoms with Gasteiger partial charge in [0, 0.05) is 69.4 Å². The lowest BCUT2D eigenvalue weighted by Gasteiger charge is -2.40. The largest absolute Gasteiger partial charge is 0.396 e. The van der Waals surface area contributed by atoms with Crippen molar-refractivity contribution in [2.24, 2.45) is 11.8 Å². The summed E-state index contributed by atoms with van der Waals surface area (Å²) < 4.78 is 6.49. The molecule has 7 heteroatoms. The number of morpholine rings is 1. The average molecular weight is 456 g/mol. The Balaban J connectivity index is 0.00000109. The highest BCUT2D eigenvalue weighted by Crippen LogP contribution is 2.48. The molecule has 0 saturated carbocycles. The molecule has 5 nitrogen and oxygen atoms in total. The first-order valence-corrected chi connectivity index (χ1v) is 11.4. The molecule has 2 bridgehead atoms. The van der Waals surface area contributed by atoms with Crippen molar-refractivity contribution in [3.05, 3.63) is 29.3 Å². The molecule has 4 saturated heterocycles. The number of piperidine rings is 1. The highest BCUT2D eigenvalue weighted by atomic mass is 35.5. The van der Waals surface area contributed by atoms with Crippen molar-refractivity contribution in [2.45, 2.75) is 49.9 Å². The molecule has 0 unspecified atom stereocenters. The molecule has 1 aromatic carbocycles. The van der Waals surface area contributed by atoms with Crippen molar-refractivity contribution in [1.29, 1.82) is 0 Å². The van der Waals surface area contributed by atoms with Crippen LogP contribution in [0.5, 0.6) is 0 Å². The lowest BCUT2D eigenvalue weighted by atomic mass is 9.83. The Kier molecular flexibility index (Phi) is 6.61. The molecular weight excluding hydrogens is 421 g/mol. The number of nitrogens with zero attached hydrogens (tertiary/aromatic N) is 2. The lowest BCUT2D eigenvalue weighted by Crippen LogP contribution is -2.53. The minimum atomic E-state index is -0.0482. The molecule has 1 aromatic rings. The Morgan fingerprint density at radius 1 is 1.13 bits per heavy atom. The van der Waals surface area contributed by atoms with Gasteiger partial charge in [-0.3, -0.25) is 4.90 Å². The van der Waals surface area contributed by atoms with E-state index in [0.29, 0.717) is 17.9 Å². The summed E-state index contributed by atoms with van der Waals surface area (Å²) in [4.78, 5) is 5.28. The molecule has 2 N–H and O–H groups in total. The van der Waals surface area contributed by atoms with E-state index in [1.807, 2.05) is 0 Å². The predicted molar refractivity (Wildman–Crippen MR) is 124 cm³/mol. The van der Waals surface area contributed by atoms with Crippen molar-refractivity contribution in [3.63, 3.8) is 0 Å². The summed E-state index contributed by atoms with van der Waals surface area (Å²) in [7, 11) is 0. The predicted octanol–water partition coefficient (Wildman–Crippen LogP) is 2.27. The van der Waals surface area contributed by atoms with Crippen molar-refractivity contribution in [1.82, 2.24) is 10.2 Å². The van der Waals surface area contributed by atoms with Gasteiger partial charge in [0.15, 0.2) is 0 Å². The molecule has 1 spiro atoms. The zero-order valence-corrected chi connectivity index (χ0v) is 19.2. The summed E-state index contributed by atoms with van der Waals surface area (Å²) >= 11 is 0. The van der Waals surface area contributed by atoms with Crippen molar-refractivity contribution in [2.75, 3.05) is 50.8 Å². The van der Waals surface area contributed by atoms with E-state index in [9.17, 15) is 5.11 Å². The van der Waals surface area contributed by atoms with Crippen LogP contribution in [-0.4, -0.2) is 73.6 Å². The second-order valence-electron chi connectivity index (χ2n) is 9.76. The number of anilines is 1. The second kappa shape index (κ2) is 8.76. The van der Waals surface area contributed by atoms with Gasteiger partial charge in [0.25, 0.3) is 0 Å². The first-order chi connectivity index (χ1) is 13.8. The van der Waals surface area contributed by atoms with E-state index in [-0.39, 0.29) is 43.1 Å². The highest BCUT2D eigenvalue weighted by molar-refractivity contribution is 5.85. The van der Waals surface area contributed by atoms with E-state index in [4.69, 9.17) is 4.74 Å². The van der Waals surface area contributed by atoms with Gasteiger partial charge in [0.05, 0.1) is 11.7 Å². The number of likely N-dealkylation sites (tertiary alicyclic amines) is 1. The number of hydrogen-bond acceptors (Lipinski definition) is 5. The second-order valence-corrected chi connectivity index (χ2v) is 9.76. The van der Waals surface area contributed by atoms with E-state index in [1.165, 1.54) is 37.8 Å². The number of aryl methyl sites for hydroxylation is 2. The fourth-order valence-electron chi connectivity index (χ4n) is 6.86. The van der Waals surface area contributed by atoms with Gasteiger partial charge in [0.2, 0.25) is 0 Å². The minimum Gasteiger partial charge on any atom is -0.396 e. The van der Waals surface area contributed by atoms with Crippen LogP contribution in [0.15, 0.2) is 18.2 Å². The summed E-state index contributed by atoms with van der Waals surface area (Å²) in [5.41, 5.74) is 4.53. The Labute approximate surface area is 192 Å². The van der Waals surface area contributed by atoms with Crippen LogP contribution in [0, 0.1) is 11.8 Å². The fraction of sp³-hybridized carbons (Fsp3) is 0.739. The van der Waals surface area contributed by atoms with Gasteiger partial charge in [-0.15, -0.1) is 24.8 Å². The molecule has 0 aromatic heterocycles. The van der Waals surface area contributed by atoms with Gasteiger partial charge in [-0.2, -0.15) is 0 Å². The van der Waals surface area contributed by atoms with Gasteiger partial charge in [-0.25, -0.2) is 0 Å². The number of aliphatic hydroxyl groups excluding tert-OH is 1. The molecule has 1 aliphatic carbocycles. The van der Waals surface area contributed by atoms with Gasteiger partial charge in [-0.05, 0) is 55.4 Å². The van der Waals surface area contributed by atoms with Crippen LogP contribution in [0.4, 0.5) is 5.69 Å². The van der Waals surface area contributed by atoms with E-state index in [0.717, 1.165) is 39.3 Å². The van der Waals surface area contributed by atoms with E-state index < -0.39 is 0 Å². The number of halogens is 2. The maximum atomic E-state index is 9.95. The van der Waals surface area contributed by atoms with Crippen molar-refractivity contribution < 1.29 is 9.84 Å². The smallest absolute Gasteiger partial charge is 0.0981 e. The van der Waals surface area contributed by atoms with Crippen LogP contribution in [0.1, 0.15) is 30.4 Å². The third-order valence-electron chi connectivity index (χ3n) is 8.37. The van der Waals surface area contributed by atoms with Crippen LogP contribution in [0.25, 0.3) is 0 Å². The summed E-state index contributed by atoms with van der Waals surface area (Å²) in [6, 6.07) is 7.82. The molecule has 4 fully saturated rings. The summed E-state index contributed by atoms with van der Waals surface area (Å²) in [6.07, 6.45) is 6.54. The average Bonchev–Trinajstić information content (AvgIpc) is 3.38. The number of ether oxygens (including phenoxy) is 1. The number of aliphatic hydroxyl groups is 1. The van der Waals surface area contributed by atoms with E-state index in [1.54, 1.807) is 11.1 Å². The molecule has 0 amide bonds. The van der Waals surface area contributed by atoms with Gasteiger partial charge < -0.3 is 20.1 Å². The first kappa shape index (κ1) is 22.6. The van der Waals surface area contributed by atoms with Crippen LogP contribution < -0.4 is 10.2 Å². The quantitative estimate of drug-likeness (QED) is 0.731. The first-order valence-electron chi connectivity index (χ1n) is 11.4. The van der Waals surface area contributed by atoms with Crippen molar-refractivity contribution >= 4 is 30.5 Å². The van der Waals surface area contributed by atoms with Crippen LogP contribution in [0.2, 0.25) is 0 Å². The molecule has 168 valence electrons. The number of rotatable bonds is 3. The summed E-state index contributed by atoms with van der Waals surface area (Å²) in [5.74, 6) is 0.804. The standard InChI is InChI=1S/C23H33N3O2.2ClH/c27-13-20-21-12-26(15-23(21)14-24-11-22(20)28-23)18-6-8-25(9-7-18)19-5-4-16-2-1-3-17(16)10-19;;/h4-5,10,18,20-22,24,27H,1-3,6-9,11-15H2;2*1H/t20-,21+,22+,23+;;/m0../s1. The third-order valence-corrected chi connectivity index (χ3v) is 8.37. The molecule has 30 heavy (non-hydrogen) atoms. The third kappa shape index (κ3) is 3.56. The summed E-state index contributed by atoms with van der Waals surface area (Å²) in [5, 5.41) is 13.5. The zero-order valence-electron chi connectivity index (χ0n) is 17.6. The van der Waals surface area contributed by atoms with Crippen LogP contribution in [0.3, 0.4) is 0 Å². The molecule has 4 heterocycles. The van der Waals surface area contributed by atoms with E-state index in [2.05, 4.69) is 33.3 Å². The Morgan fingerprint density at radius 2 is 1.93 bits per heavy atom. The molecule has 6 rings (SSSR count). The van der Waals surface area contributed by atoms with Gasteiger partial charge >= 0.3 is 0 Å². The minimum absolute atomic E-state index is 0. The maximum Gasteiger partial charge on any atom is 0.0981 e. The van der Waals surface area contributed by atoms with Crippen molar-refractivity contribution in [3.8, 4) is 0 Å². The molecule has 5 aliphatic rings. The Bertz CT molecular complexity index is 758. The van der Waals surface area contributed by atoms with Crippen LogP contribution in [-0.2, 0) is 17.6 Å². The molecule has 4 aliphatic heterocycles. The number of fused-ring (bicyclic) bond motifs is 2. The maximum absolute atomic E-state index is 9.95. The highest BCUT2D eigenvalue weighted by Gasteiger charge is 2.61. The molecule has 0 radical (unpaired) electrons. The van der Waals surface area contributed by atoms with E-state index >= 15 is 0 Å². The number of nitrogens with one attached hydrogen (secondary N) is 1. The zero-order chi connectivity index (χ0) is 18.7. The molecular formula is C23H35Cl2N3O2. The lowest BCUT2D eigenvalue weighted by molar-refractivity contribution is -0.0769. The Hall–Kier alpha value is -0.560. The SMILES string of the molecule is Cl.Cl.OC[C@H]1[C@H]2CN(C3CCN(c4ccc5c(c4)CCC5)CC3)C[C@]23CNC[C@H]1O3. The molecule has 4 atom stereocenters. The fourth-order valence-corrected chi connectivity index (χ4v) is 6.86. The van der Waals surface area contributed by atoms with Gasteiger partial charge in [0.1, 0.15) is 0 Å². The number of benzene rings is 1. The normalized spacial score (nSPS) is 35.5. The van der Waals surface area contributed by atoms with Gasteiger partial charge in [-0.1, -0.05) is 6.07 Å². The van der Waals surface area contributed by atoms with Crippen LogP contribution >= 0.6 is 24.8 Å². The monoisotopic (exact) mass is 455 g/mol. The summed E-state index contributed by atoms with van der Waals surface area (Å²) in [6.45, 7) is 6.58. The number of hydrogen-bond donors (Lipinski definition) is 2. The topological polar surface area (TPSA) is 48.0 Å². The Morgan fingerprint density at radius 3 is 2.73 bits per heavy atom.